The van der Waals surface area contributed by atoms with Crippen LogP contribution in [0.4, 0.5) is 5.69 Å². The highest BCUT2D eigenvalue weighted by atomic mass is 16.5. The summed E-state index contributed by atoms with van der Waals surface area (Å²) >= 11 is 0. The molecule has 1 saturated carbocycles. The van der Waals surface area contributed by atoms with Gasteiger partial charge >= 0.3 is 0 Å². The van der Waals surface area contributed by atoms with Crippen molar-refractivity contribution in [1.82, 2.24) is 0 Å². The third-order valence-corrected chi connectivity index (χ3v) is 3.75. The largest absolute Gasteiger partial charge is 0.490 e. The van der Waals surface area contributed by atoms with Crippen molar-refractivity contribution in [2.75, 3.05) is 11.9 Å². The van der Waals surface area contributed by atoms with Gasteiger partial charge in [-0.3, -0.25) is 4.79 Å². The summed E-state index contributed by atoms with van der Waals surface area (Å²) in [5, 5.41) is 2.99. The topological polar surface area (TPSA) is 38.3 Å². The molecule has 1 N–H and O–H groups in total. The van der Waals surface area contributed by atoms with Gasteiger partial charge < -0.3 is 10.1 Å². The van der Waals surface area contributed by atoms with Gasteiger partial charge in [0.25, 0.3) is 0 Å². The van der Waals surface area contributed by atoms with Gasteiger partial charge in [0.05, 0.1) is 11.1 Å². The van der Waals surface area contributed by atoms with E-state index in [1.807, 2.05) is 25.1 Å². The summed E-state index contributed by atoms with van der Waals surface area (Å²) in [4.78, 5) is 12.1. The zero-order valence-corrected chi connectivity index (χ0v) is 9.38. The Hall–Kier alpha value is -1.51. The number of hydrogen-bond acceptors (Lipinski definition) is 2. The maximum atomic E-state index is 12.1. The zero-order chi connectivity index (χ0) is 11.2. The SMILES string of the molecule is Cc1cccc2c1OCC1(CCC1)C(=O)N2. The first-order valence-electron chi connectivity index (χ1n) is 5.75. The Labute approximate surface area is 94.8 Å². The number of benzene rings is 1. The minimum atomic E-state index is -0.258. The van der Waals surface area contributed by atoms with Gasteiger partial charge in [-0.2, -0.15) is 0 Å². The summed E-state index contributed by atoms with van der Waals surface area (Å²) in [6, 6.07) is 5.85. The summed E-state index contributed by atoms with van der Waals surface area (Å²) in [5.74, 6) is 0.961. The molecular weight excluding hydrogens is 202 g/mol. The maximum Gasteiger partial charge on any atom is 0.234 e. The molecule has 1 amide bonds. The molecule has 1 aromatic rings. The van der Waals surface area contributed by atoms with Crippen LogP contribution in [0.3, 0.4) is 0 Å². The number of hydrogen-bond donors (Lipinski definition) is 1. The number of carbonyl (C=O) groups is 1. The molecule has 1 heterocycles. The monoisotopic (exact) mass is 217 g/mol. The van der Waals surface area contributed by atoms with Crippen molar-refractivity contribution in [3.05, 3.63) is 23.8 Å². The molecule has 1 fully saturated rings. The van der Waals surface area contributed by atoms with Crippen LogP contribution < -0.4 is 10.1 Å². The first-order valence-corrected chi connectivity index (χ1v) is 5.75. The van der Waals surface area contributed by atoms with E-state index in [0.717, 1.165) is 36.3 Å². The lowest BCUT2D eigenvalue weighted by atomic mass is 9.69. The predicted octanol–water partition coefficient (Wildman–Crippen LogP) is 2.50. The van der Waals surface area contributed by atoms with Gasteiger partial charge in [0.2, 0.25) is 5.91 Å². The molecule has 84 valence electrons. The summed E-state index contributed by atoms with van der Waals surface area (Å²) in [6.45, 7) is 2.53. The number of ether oxygens (including phenoxy) is 1. The number of anilines is 1. The molecule has 1 aliphatic carbocycles. The van der Waals surface area contributed by atoms with E-state index in [0.29, 0.717) is 6.61 Å². The normalized spacial score (nSPS) is 21.4. The standard InChI is InChI=1S/C13H15NO2/c1-9-4-2-5-10-11(9)16-8-13(6-3-7-13)12(15)14-10/h2,4-5H,3,6-8H2,1H3,(H,14,15). The van der Waals surface area contributed by atoms with Crippen molar-refractivity contribution in [2.24, 2.45) is 5.41 Å². The highest BCUT2D eigenvalue weighted by Crippen LogP contribution is 2.45. The van der Waals surface area contributed by atoms with Crippen LogP contribution in [0.2, 0.25) is 0 Å². The lowest BCUT2D eigenvalue weighted by Gasteiger charge is -2.37. The smallest absolute Gasteiger partial charge is 0.234 e. The molecule has 3 heteroatoms. The summed E-state index contributed by atoms with van der Waals surface area (Å²) in [5.41, 5.74) is 1.63. The van der Waals surface area contributed by atoms with Crippen molar-refractivity contribution >= 4 is 11.6 Å². The predicted molar refractivity (Wildman–Crippen MR) is 61.6 cm³/mol. The lowest BCUT2D eigenvalue weighted by molar-refractivity contribution is -0.132. The quantitative estimate of drug-likeness (QED) is 0.725. The van der Waals surface area contributed by atoms with E-state index < -0.39 is 0 Å². The van der Waals surface area contributed by atoms with Crippen molar-refractivity contribution in [3.63, 3.8) is 0 Å². The molecule has 0 saturated heterocycles. The van der Waals surface area contributed by atoms with Crippen LogP contribution in [-0.4, -0.2) is 12.5 Å². The van der Waals surface area contributed by atoms with E-state index in [1.54, 1.807) is 0 Å². The second kappa shape index (κ2) is 3.24. The van der Waals surface area contributed by atoms with Crippen LogP contribution in [0, 0.1) is 12.3 Å². The van der Waals surface area contributed by atoms with Gasteiger partial charge in [0.15, 0.2) is 0 Å². The molecule has 0 aromatic heterocycles. The Kier molecular flexibility index (Phi) is 1.96. The molecule has 1 aromatic carbocycles. The molecular formula is C13H15NO2. The number of carbonyl (C=O) groups excluding carboxylic acids is 1. The van der Waals surface area contributed by atoms with Crippen molar-refractivity contribution in [2.45, 2.75) is 26.2 Å². The number of fused-ring (bicyclic) bond motifs is 1. The van der Waals surface area contributed by atoms with Gasteiger partial charge in [-0.1, -0.05) is 18.6 Å². The Morgan fingerprint density at radius 3 is 2.88 bits per heavy atom. The third kappa shape index (κ3) is 1.24. The Morgan fingerprint density at radius 2 is 2.19 bits per heavy atom. The fourth-order valence-corrected chi connectivity index (χ4v) is 2.45. The van der Waals surface area contributed by atoms with Crippen LogP contribution in [0.25, 0.3) is 0 Å². The Morgan fingerprint density at radius 1 is 1.38 bits per heavy atom. The highest BCUT2D eigenvalue weighted by molar-refractivity contribution is 5.98. The van der Waals surface area contributed by atoms with Crippen LogP contribution in [0.1, 0.15) is 24.8 Å². The molecule has 0 unspecified atom stereocenters. The van der Waals surface area contributed by atoms with Crippen LogP contribution in [0.5, 0.6) is 5.75 Å². The van der Waals surface area contributed by atoms with Crippen molar-refractivity contribution < 1.29 is 9.53 Å². The molecule has 1 spiro atoms. The van der Waals surface area contributed by atoms with E-state index in [1.165, 1.54) is 0 Å². The zero-order valence-electron chi connectivity index (χ0n) is 9.38. The molecule has 2 aliphatic rings. The molecule has 1 aliphatic heterocycles. The number of nitrogens with one attached hydrogen (secondary N) is 1. The van der Waals surface area contributed by atoms with E-state index in [9.17, 15) is 4.79 Å². The van der Waals surface area contributed by atoms with E-state index in [-0.39, 0.29) is 11.3 Å². The van der Waals surface area contributed by atoms with Crippen LogP contribution in [-0.2, 0) is 4.79 Å². The number of rotatable bonds is 0. The number of aryl methyl sites for hydroxylation is 1. The van der Waals surface area contributed by atoms with Crippen molar-refractivity contribution in [1.29, 1.82) is 0 Å². The van der Waals surface area contributed by atoms with Gasteiger partial charge in [0, 0.05) is 0 Å². The van der Waals surface area contributed by atoms with E-state index >= 15 is 0 Å². The first kappa shape index (κ1) is 9.70. The fraction of sp³-hybridized carbons (Fsp3) is 0.462. The van der Waals surface area contributed by atoms with Gasteiger partial charge in [-0.15, -0.1) is 0 Å². The molecule has 0 atom stereocenters. The molecule has 16 heavy (non-hydrogen) atoms. The Balaban J connectivity index is 2.00. The average Bonchev–Trinajstić information content (AvgIpc) is 2.34. The van der Waals surface area contributed by atoms with Gasteiger partial charge in [-0.25, -0.2) is 0 Å². The minimum Gasteiger partial charge on any atom is -0.490 e. The van der Waals surface area contributed by atoms with E-state index in [2.05, 4.69) is 5.32 Å². The molecule has 3 nitrogen and oxygen atoms in total. The van der Waals surface area contributed by atoms with Crippen LogP contribution >= 0.6 is 0 Å². The van der Waals surface area contributed by atoms with Gasteiger partial charge in [0.1, 0.15) is 12.4 Å². The Bertz CT molecular complexity index is 449. The van der Waals surface area contributed by atoms with Crippen LogP contribution in [0.15, 0.2) is 18.2 Å². The number of amides is 1. The molecule has 0 bridgehead atoms. The number of para-hydroxylation sites is 1. The second-order valence-corrected chi connectivity index (χ2v) is 4.83. The maximum absolute atomic E-state index is 12.1. The summed E-state index contributed by atoms with van der Waals surface area (Å²) in [7, 11) is 0. The summed E-state index contributed by atoms with van der Waals surface area (Å²) in [6.07, 6.45) is 3.03. The highest BCUT2D eigenvalue weighted by Gasteiger charge is 2.46. The average molecular weight is 217 g/mol. The second-order valence-electron chi connectivity index (χ2n) is 4.83. The van der Waals surface area contributed by atoms with E-state index in [4.69, 9.17) is 4.74 Å². The third-order valence-electron chi connectivity index (χ3n) is 3.75. The fourth-order valence-electron chi connectivity index (χ4n) is 2.45. The minimum absolute atomic E-state index is 0.128. The lowest BCUT2D eigenvalue weighted by Crippen LogP contribution is -2.45. The van der Waals surface area contributed by atoms with Crippen molar-refractivity contribution in [3.8, 4) is 5.75 Å². The first-order chi connectivity index (χ1) is 7.71. The molecule has 3 rings (SSSR count). The summed E-state index contributed by atoms with van der Waals surface area (Å²) < 4.78 is 5.82. The molecule has 0 radical (unpaired) electrons. The van der Waals surface area contributed by atoms with Gasteiger partial charge in [-0.05, 0) is 31.4 Å².